The molecular weight excluding hydrogens is 322 g/mol. The first-order valence-corrected chi connectivity index (χ1v) is 7.64. The van der Waals surface area contributed by atoms with Gasteiger partial charge in [0.1, 0.15) is 11.5 Å². The summed E-state index contributed by atoms with van der Waals surface area (Å²) in [5.41, 5.74) is 3.33. The van der Waals surface area contributed by atoms with E-state index < -0.39 is 11.8 Å². The van der Waals surface area contributed by atoms with Crippen molar-refractivity contribution in [2.45, 2.75) is 6.92 Å². The molecule has 2 aromatic rings. The first-order chi connectivity index (χ1) is 12.1. The molecule has 0 fully saturated rings. The summed E-state index contributed by atoms with van der Waals surface area (Å²) in [4.78, 5) is 23.6. The highest BCUT2D eigenvalue weighted by Gasteiger charge is 2.12. The van der Waals surface area contributed by atoms with Crippen LogP contribution >= 0.6 is 0 Å². The number of hydrazone groups is 1. The summed E-state index contributed by atoms with van der Waals surface area (Å²) in [5, 5.41) is 6.24. The number of nitrogens with one attached hydrogen (secondary N) is 2. The third-order valence-electron chi connectivity index (χ3n) is 3.14. The predicted octanol–water partition coefficient (Wildman–Crippen LogP) is 2.18. The predicted molar refractivity (Wildman–Crippen MR) is 95.0 cm³/mol. The Morgan fingerprint density at radius 2 is 1.80 bits per heavy atom. The molecule has 0 saturated heterocycles. The third kappa shape index (κ3) is 5.35. The van der Waals surface area contributed by atoms with Gasteiger partial charge in [0.25, 0.3) is 0 Å². The number of methoxy groups -OCH3 is 1. The highest BCUT2D eigenvalue weighted by molar-refractivity contribution is 6.39. The third-order valence-corrected chi connectivity index (χ3v) is 3.14. The van der Waals surface area contributed by atoms with E-state index in [1.54, 1.807) is 36.4 Å². The second-order valence-corrected chi connectivity index (χ2v) is 4.85. The highest BCUT2D eigenvalue weighted by atomic mass is 16.5. The van der Waals surface area contributed by atoms with Crippen molar-refractivity contribution in [1.82, 2.24) is 5.43 Å². The molecule has 7 nitrogen and oxygen atoms in total. The average Bonchev–Trinajstić information content (AvgIpc) is 2.63. The number of hydrogen-bond donors (Lipinski definition) is 2. The van der Waals surface area contributed by atoms with Gasteiger partial charge in [-0.1, -0.05) is 12.1 Å². The van der Waals surface area contributed by atoms with Gasteiger partial charge in [-0.2, -0.15) is 5.10 Å². The summed E-state index contributed by atoms with van der Waals surface area (Å²) < 4.78 is 10.5. The fraction of sp³-hybridized carbons (Fsp3) is 0.167. The number of para-hydroxylation sites is 1. The number of benzene rings is 2. The molecule has 0 aliphatic heterocycles. The van der Waals surface area contributed by atoms with Crippen molar-refractivity contribution in [3.8, 4) is 11.5 Å². The fourth-order valence-corrected chi connectivity index (χ4v) is 1.97. The highest BCUT2D eigenvalue weighted by Crippen LogP contribution is 2.16. The molecule has 0 radical (unpaired) electrons. The van der Waals surface area contributed by atoms with Crippen LogP contribution < -0.4 is 20.2 Å². The van der Waals surface area contributed by atoms with Gasteiger partial charge in [-0.15, -0.1) is 0 Å². The molecule has 130 valence electrons. The van der Waals surface area contributed by atoms with E-state index in [4.69, 9.17) is 9.47 Å². The molecule has 0 aromatic heterocycles. The van der Waals surface area contributed by atoms with Crippen molar-refractivity contribution in [2.75, 3.05) is 19.0 Å². The zero-order valence-electron chi connectivity index (χ0n) is 14.0. The molecule has 25 heavy (non-hydrogen) atoms. The van der Waals surface area contributed by atoms with E-state index >= 15 is 0 Å². The maximum absolute atomic E-state index is 11.8. The molecule has 0 heterocycles. The minimum Gasteiger partial charge on any atom is -0.496 e. The molecule has 0 unspecified atom stereocenters. The fourth-order valence-electron chi connectivity index (χ4n) is 1.97. The summed E-state index contributed by atoms with van der Waals surface area (Å²) in [7, 11) is 1.54. The second kappa shape index (κ2) is 9.07. The van der Waals surface area contributed by atoms with Gasteiger partial charge >= 0.3 is 11.8 Å². The van der Waals surface area contributed by atoms with Crippen molar-refractivity contribution in [3.63, 3.8) is 0 Å². The van der Waals surface area contributed by atoms with E-state index in [0.717, 1.165) is 0 Å². The lowest BCUT2D eigenvalue weighted by Crippen LogP contribution is -2.32. The number of anilines is 1. The molecule has 0 saturated carbocycles. The SMILES string of the molecule is CCOc1ccc(NC(=O)C(=O)NN=Cc2ccccc2OC)cc1. The molecule has 0 aliphatic carbocycles. The molecule has 0 bridgehead atoms. The number of carbonyl (C=O) groups excluding carboxylic acids is 2. The van der Waals surface area contributed by atoms with Gasteiger partial charge in [0, 0.05) is 11.3 Å². The Labute approximate surface area is 145 Å². The molecule has 2 aromatic carbocycles. The van der Waals surface area contributed by atoms with Crippen LogP contribution in [0.5, 0.6) is 11.5 Å². The molecule has 7 heteroatoms. The van der Waals surface area contributed by atoms with Crippen molar-refractivity contribution in [2.24, 2.45) is 5.10 Å². The number of ether oxygens (including phenoxy) is 2. The van der Waals surface area contributed by atoms with Crippen LogP contribution in [0.2, 0.25) is 0 Å². The maximum Gasteiger partial charge on any atom is 0.329 e. The van der Waals surface area contributed by atoms with Crippen molar-refractivity contribution in [3.05, 3.63) is 54.1 Å². The molecule has 2 rings (SSSR count). The van der Waals surface area contributed by atoms with E-state index in [1.807, 2.05) is 19.1 Å². The van der Waals surface area contributed by atoms with E-state index in [2.05, 4.69) is 15.8 Å². The Kier molecular flexibility index (Phi) is 6.53. The van der Waals surface area contributed by atoms with Crippen molar-refractivity contribution >= 4 is 23.7 Å². The molecule has 0 aliphatic rings. The van der Waals surface area contributed by atoms with Gasteiger partial charge in [-0.25, -0.2) is 5.43 Å². The van der Waals surface area contributed by atoms with Gasteiger partial charge in [-0.05, 0) is 43.3 Å². The average molecular weight is 341 g/mol. The van der Waals surface area contributed by atoms with Gasteiger partial charge in [0.05, 0.1) is 19.9 Å². The number of carbonyl (C=O) groups is 2. The lowest BCUT2D eigenvalue weighted by molar-refractivity contribution is -0.136. The zero-order valence-corrected chi connectivity index (χ0v) is 14.0. The Hall–Kier alpha value is -3.35. The van der Waals surface area contributed by atoms with Gasteiger partial charge < -0.3 is 14.8 Å². The smallest absolute Gasteiger partial charge is 0.329 e. The first-order valence-electron chi connectivity index (χ1n) is 7.64. The van der Waals surface area contributed by atoms with Crippen LogP contribution in [0.15, 0.2) is 53.6 Å². The zero-order chi connectivity index (χ0) is 18.1. The summed E-state index contributed by atoms with van der Waals surface area (Å²) in [6.07, 6.45) is 1.40. The van der Waals surface area contributed by atoms with Crippen LogP contribution in [-0.4, -0.2) is 31.7 Å². The minimum absolute atomic E-state index is 0.484. The Morgan fingerprint density at radius 1 is 1.08 bits per heavy atom. The van der Waals surface area contributed by atoms with Crippen LogP contribution in [-0.2, 0) is 9.59 Å². The quantitative estimate of drug-likeness (QED) is 0.479. The summed E-state index contributed by atoms with van der Waals surface area (Å²) in [6, 6.07) is 13.9. The van der Waals surface area contributed by atoms with E-state index in [1.165, 1.54) is 13.3 Å². The van der Waals surface area contributed by atoms with E-state index in [9.17, 15) is 9.59 Å². The number of hydrogen-bond acceptors (Lipinski definition) is 5. The first kappa shape index (κ1) is 18.0. The standard InChI is InChI=1S/C18H19N3O4/c1-3-25-15-10-8-14(9-11-15)20-17(22)18(23)21-19-12-13-6-4-5-7-16(13)24-2/h4-12H,3H2,1-2H3,(H,20,22)(H,21,23). The second-order valence-electron chi connectivity index (χ2n) is 4.85. The Balaban J connectivity index is 1.89. The van der Waals surface area contributed by atoms with Crippen LogP contribution in [0, 0.1) is 0 Å². The largest absolute Gasteiger partial charge is 0.496 e. The van der Waals surface area contributed by atoms with E-state index in [-0.39, 0.29) is 0 Å². The summed E-state index contributed by atoms with van der Waals surface area (Å²) in [5.74, 6) is -0.396. The summed E-state index contributed by atoms with van der Waals surface area (Å²) >= 11 is 0. The van der Waals surface area contributed by atoms with Crippen LogP contribution in [0.4, 0.5) is 5.69 Å². The summed E-state index contributed by atoms with van der Waals surface area (Å²) in [6.45, 7) is 2.43. The molecule has 2 N–H and O–H groups in total. The number of rotatable bonds is 6. The van der Waals surface area contributed by atoms with Crippen molar-refractivity contribution < 1.29 is 19.1 Å². The monoisotopic (exact) mass is 341 g/mol. The number of nitrogens with zero attached hydrogens (tertiary/aromatic N) is 1. The maximum atomic E-state index is 11.8. The van der Waals surface area contributed by atoms with Crippen LogP contribution in [0.25, 0.3) is 0 Å². The van der Waals surface area contributed by atoms with Gasteiger partial charge in [0.2, 0.25) is 0 Å². The topological polar surface area (TPSA) is 89.0 Å². The van der Waals surface area contributed by atoms with Gasteiger partial charge in [-0.3, -0.25) is 9.59 Å². The van der Waals surface area contributed by atoms with E-state index in [0.29, 0.717) is 29.4 Å². The molecular formula is C18H19N3O4. The van der Waals surface area contributed by atoms with Gasteiger partial charge in [0.15, 0.2) is 0 Å². The van der Waals surface area contributed by atoms with Crippen molar-refractivity contribution in [1.29, 1.82) is 0 Å². The van der Waals surface area contributed by atoms with Crippen LogP contribution in [0.3, 0.4) is 0 Å². The Morgan fingerprint density at radius 3 is 2.48 bits per heavy atom. The minimum atomic E-state index is -0.875. The molecule has 0 spiro atoms. The normalized spacial score (nSPS) is 10.3. The molecule has 0 atom stereocenters. The lowest BCUT2D eigenvalue weighted by Gasteiger charge is -2.06. The molecule has 2 amide bonds. The van der Waals surface area contributed by atoms with Crippen LogP contribution in [0.1, 0.15) is 12.5 Å². The number of amides is 2. The lowest BCUT2D eigenvalue weighted by atomic mass is 10.2. The Bertz CT molecular complexity index is 757.